The van der Waals surface area contributed by atoms with Gasteiger partial charge in [-0.1, -0.05) is 6.07 Å². The van der Waals surface area contributed by atoms with E-state index in [4.69, 9.17) is 9.47 Å². The maximum Gasteiger partial charge on any atom is 0.169 e. The topological polar surface area (TPSA) is 38.7 Å². The van der Waals surface area contributed by atoms with Gasteiger partial charge in [0.15, 0.2) is 11.5 Å². The maximum absolute atomic E-state index is 10.4. The van der Waals surface area contributed by atoms with Crippen LogP contribution in [0, 0.1) is 0 Å². The van der Waals surface area contributed by atoms with E-state index in [2.05, 4.69) is 18.2 Å². The van der Waals surface area contributed by atoms with Crippen LogP contribution < -0.4 is 9.47 Å². The lowest BCUT2D eigenvalue weighted by molar-refractivity contribution is 0.171. The quantitative estimate of drug-likeness (QED) is 0.843. The number of phenolic OH excluding ortho intramolecular Hbond substituents is 1. The van der Waals surface area contributed by atoms with Gasteiger partial charge in [-0.05, 0) is 73.9 Å². The molecule has 3 aliphatic heterocycles. The van der Waals surface area contributed by atoms with Gasteiger partial charge in [-0.25, -0.2) is 0 Å². The lowest BCUT2D eigenvalue weighted by atomic mass is 9.96. The average Bonchev–Trinajstić information content (AvgIpc) is 2.64. The summed E-state index contributed by atoms with van der Waals surface area (Å²) < 4.78 is 12.0. The zero-order valence-electron chi connectivity index (χ0n) is 13.5. The minimum Gasteiger partial charge on any atom is -0.507 e. The summed E-state index contributed by atoms with van der Waals surface area (Å²) in [4.78, 5) is 0. The number of rotatable bonds is 1. The predicted octanol–water partition coefficient (Wildman–Crippen LogP) is 4.49. The fourth-order valence-corrected chi connectivity index (χ4v) is 3.69. The Morgan fingerprint density at radius 3 is 2.74 bits per heavy atom. The van der Waals surface area contributed by atoms with Gasteiger partial charge in [0.2, 0.25) is 0 Å². The first-order valence-corrected chi connectivity index (χ1v) is 8.44. The molecule has 0 unspecified atom stereocenters. The largest absolute Gasteiger partial charge is 0.507 e. The van der Waals surface area contributed by atoms with Crippen LogP contribution >= 0.6 is 0 Å². The molecular weight excluding hydrogens is 288 g/mol. The third-order valence-electron chi connectivity index (χ3n) is 4.97. The molecule has 0 radical (unpaired) electrons. The molecule has 0 aliphatic carbocycles. The number of ether oxygens (including phenoxy) is 2. The molecule has 0 spiro atoms. The summed E-state index contributed by atoms with van der Waals surface area (Å²) in [6, 6.07) is 10.2. The molecule has 120 valence electrons. The van der Waals surface area contributed by atoms with Crippen molar-refractivity contribution in [2.75, 3.05) is 7.11 Å². The second-order valence-corrected chi connectivity index (χ2v) is 6.55. The third kappa shape index (κ3) is 2.65. The van der Waals surface area contributed by atoms with Crippen LogP contribution in [0.15, 0.2) is 30.3 Å². The van der Waals surface area contributed by atoms with Gasteiger partial charge < -0.3 is 14.6 Å². The van der Waals surface area contributed by atoms with Crippen molar-refractivity contribution < 1.29 is 14.6 Å². The van der Waals surface area contributed by atoms with Crippen molar-refractivity contribution in [3.63, 3.8) is 0 Å². The van der Waals surface area contributed by atoms with Crippen LogP contribution in [-0.4, -0.2) is 18.3 Å². The van der Waals surface area contributed by atoms with E-state index in [1.54, 1.807) is 13.2 Å². The van der Waals surface area contributed by atoms with Gasteiger partial charge in [-0.2, -0.15) is 0 Å². The van der Waals surface area contributed by atoms with Crippen molar-refractivity contribution in [2.24, 2.45) is 0 Å². The first kappa shape index (κ1) is 14.4. The lowest BCUT2D eigenvalue weighted by Crippen LogP contribution is -2.19. The summed E-state index contributed by atoms with van der Waals surface area (Å²) in [6.07, 6.45) is 6.62. The van der Waals surface area contributed by atoms with E-state index in [0.29, 0.717) is 5.75 Å². The molecule has 3 heterocycles. The fourth-order valence-electron chi connectivity index (χ4n) is 3.69. The maximum atomic E-state index is 10.4. The van der Waals surface area contributed by atoms with Crippen LogP contribution in [0.3, 0.4) is 0 Å². The Morgan fingerprint density at radius 1 is 1.00 bits per heavy atom. The molecular formula is C20H22O3. The van der Waals surface area contributed by atoms with Gasteiger partial charge in [-0.15, -0.1) is 0 Å². The molecule has 3 aliphatic rings. The molecule has 3 heteroatoms. The second kappa shape index (κ2) is 5.80. The van der Waals surface area contributed by atoms with E-state index in [1.165, 1.54) is 17.5 Å². The van der Waals surface area contributed by atoms with E-state index in [9.17, 15) is 5.11 Å². The molecule has 23 heavy (non-hydrogen) atoms. The van der Waals surface area contributed by atoms with Crippen LogP contribution in [-0.2, 0) is 12.8 Å². The highest BCUT2D eigenvalue weighted by Crippen LogP contribution is 2.45. The molecule has 0 aromatic heterocycles. The number of hydrogen-bond donors (Lipinski definition) is 1. The fraction of sp³-hybridized carbons (Fsp3) is 0.400. The summed E-state index contributed by atoms with van der Waals surface area (Å²) in [6.45, 7) is 0. The van der Waals surface area contributed by atoms with Gasteiger partial charge in [-0.3, -0.25) is 0 Å². The summed E-state index contributed by atoms with van der Waals surface area (Å²) >= 11 is 0. The van der Waals surface area contributed by atoms with Crippen molar-refractivity contribution in [3.05, 3.63) is 41.5 Å². The Labute approximate surface area is 136 Å². The Balaban J connectivity index is 2.00. The molecule has 1 atom stereocenters. The van der Waals surface area contributed by atoms with Crippen molar-refractivity contribution in [1.29, 1.82) is 0 Å². The molecule has 6 bridgehead atoms. The minimum absolute atomic E-state index is 0.197. The molecule has 3 nitrogen and oxygen atoms in total. The van der Waals surface area contributed by atoms with Gasteiger partial charge in [0.1, 0.15) is 5.75 Å². The molecule has 0 saturated heterocycles. The van der Waals surface area contributed by atoms with Crippen LogP contribution in [0.1, 0.15) is 36.8 Å². The van der Waals surface area contributed by atoms with Crippen LogP contribution in [0.4, 0.5) is 0 Å². The summed E-state index contributed by atoms with van der Waals surface area (Å²) in [5.41, 5.74) is 4.29. The van der Waals surface area contributed by atoms with Crippen molar-refractivity contribution >= 4 is 0 Å². The summed E-state index contributed by atoms with van der Waals surface area (Å²) in [5.74, 6) is 1.85. The standard InChI is InChI=1S/C20H22O3/c1-22-19-12-14-4-2-3-5-15-8-6-13-7-9-18(21)16(10-13)17(11-14)20(19)23-15/h7,9-12,15,21H,2-6,8H2,1H3/t15-/m1/s1. The number of hydrogen-bond acceptors (Lipinski definition) is 3. The van der Waals surface area contributed by atoms with Crippen molar-refractivity contribution in [1.82, 2.24) is 0 Å². The summed E-state index contributed by atoms with van der Waals surface area (Å²) in [5, 5.41) is 10.4. The number of methoxy groups -OCH3 is 1. The number of aryl methyl sites for hydroxylation is 2. The first-order valence-electron chi connectivity index (χ1n) is 8.44. The number of benzene rings is 2. The normalized spacial score (nSPS) is 19.4. The van der Waals surface area contributed by atoms with Gasteiger partial charge in [0.05, 0.1) is 13.2 Å². The smallest absolute Gasteiger partial charge is 0.169 e. The van der Waals surface area contributed by atoms with Crippen molar-refractivity contribution in [3.8, 4) is 28.4 Å². The first-order chi connectivity index (χ1) is 11.2. The zero-order chi connectivity index (χ0) is 15.8. The van der Waals surface area contributed by atoms with Crippen LogP contribution in [0.2, 0.25) is 0 Å². The Bertz CT molecular complexity index is 736. The second-order valence-electron chi connectivity index (χ2n) is 6.55. The molecule has 5 rings (SSSR count). The van der Waals surface area contributed by atoms with Gasteiger partial charge in [0, 0.05) is 11.1 Å². The highest BCUT2D eigenvalue weighted by Gasteiger charge is 2.24. The molecule has 0 amide bonds. The minimum atomic E-state index is 0.197. The summed E-state index contributed by atoms with van der Waals surface area (Å²) in [7, 11) is 1.69. The van der Waals surface area contributed by atoms with E-state index in [0.717, 1.165) is 54.7 Å². The Morgan fingerprint density at radius 2 is 1.87 bits per heavy atom. The highest BCUT2D eigenvalue weighted by molar-refractivity contribution is 5.79. The number of fused-ring (bicyclic) bond motifs is 6. The molecule has 0 saturated carbocycles. The number of phenols is 1. The van der Waals surface area contributed by atoms with Gasteiger partial charge in [0.25, 0.3) is 0 Å². The number of aromatic hydroxyl groups is 1. The van der Waals surface area contributed by atoms with Crippen molar-refractivity contribution in [2.45, 2.75) is 44.6 Å². The van der Waals surface area contributed by atoms with E-state index < -0.39 is 0 Å². The Kier molecular flexibility index (Phi) is 3.64. The van der Waals surface area contributed by atoms with E-state index >= 15 is 0 Å². The third-order valence-corrected chi connectivity index (χ3v) is 4.97. The average molecular weight is 310 g/mol. The predicted molar refractivity (Wildman–Crippen MR) is 90.4 cm³/mol. The zero-order valence-corrected chi connectivity index (χ0v) is 13.5. The van der Waals surface area contributed by atoms with Gasteiger partial charge >= 0.3 is 0 Å². The van der Waals surface area contributed by atoms with Crippen LogP contribution in [0.5, 0.6) is 17.2 Å². The molecule has 1 N–H and O–H groups in total. The Hall–Kier alpha value is -2.16. The van der Waals surface area contributed by atoms with E-state index in [-0.39, 0.29) is 6.10 Å². The SMILES string of the molecule is COc1cc2cc3c1O[C@H](CCCC2)CCc1ccc(O)c-3c1. The monoisotopic (exact) mass is 310 g/mol. The molecule has 2 aromatic rings. The van der Waals surface area contributed by atoms with E-state index in [1.807, 2.05) is 6.07 Å². The molecule has 2 aromatic carbocycles. The lowest BCUT2D eigenvalue weighted by Gasteiger charge is -2.24. The molecule has 0 fully saturated rings. The highest BCUT2D eigenvalue weighted by atomic mass is 16.5. The van der Waals surface area contributed by atoms with Crippen LogP contribution in [0.25, 0.3) is 11.1 Å².